The lowest BCUT2D eigenvalue weighted by Crippen LogP contribution is -2.50. The van der Waals surface area contributed by atoms with Crippen molar-refractivity contribution in [3.8, 4) is 0 Å². The summed E-state index contributed by atoms with van der Waals surface area (Å²) in [6, 6.07) is 0.212. The quantitative estimate of drug-likeness (QED) is 0.677. The smallest absolute Gasteiger partial charge is 0.223 e. The van der Waals surface area contributed by atoms with Crippen LogP contribution in [0, 0.1) is 0 Å². The van der Waals surface area contributed by atoms with Crippen LogP contribution in [0.15, 0.2) is 0 Å². The van der Waals surface area contributed by atoms with Crippen LogP contribution in [-0.4, -0.2) is 41.9 Å². The van der Waals surface area contributed by atoms with Crippen molar-refractivity contribution >= 4 is 18.5 Å². The van der Waals surface area contributed by atoms with E-state index < -0.39 is 0 Å². The van der Waals surface area contributed by atoms with Crippen LogP contribution < -0.4 is 0 Å². The Balaban J connectivity index is 2.50. The number of hydrogen-bond acceptors (Lipinski definition) is 3. The molecule has 1 aliphatic heterocycles. The van der Waals surface area contributed by atoms with E-state index in [1.54, 1.807) is 0 Å². The van der Waals surface area contributed by atoms with Crippen LogP contribution in [0.2, 0.25) is 0 Å². The van der Waals surface area contributed by atoms with Gasteiger partial charge in [-0.2, -0.15) is 12.6 Å². The van der Waals surface area contributed by atoms with Gasteiger partial charge in [-0.3, -0.25) is 4.79 Å². The number of carbonyl (C=O) groups excluding carboxylic acids is 1. The Morgan fingerprint density at radius 1 is 1.62 bits per heavy atom. The number of morpholine rings is 1. The summed E-state index contributed by atoms with van der Waals surface area (Å²) in [4.78, 5) is 13.5. The molecule has 1 aliphatic rings. The molecule has 1 heterocycles. The SMILES string of the molecule is CC1CN(C(=O)CCS)C(C)CO1. The van der Waals surface area contributed by atoms with Crippen molar-refractivity contribution in [3.63, 3.8) is 0 Å². The summed E-state index contributed by atoms with van der Waals surface area (Å²) < 4.78 is 5.44. The number of thiol groups is 1. The predicted octanol–water partition coefficient (Wildman–Crippen LogP) is 0.942. The Hall–Kier alpha value is -0.220. The fourth-order valence-corrected chi connectivity index (χ4v) is 1.68. The molecule has 0 aromatic carbocycles. The number of carbonyl (C=O) groups is 1. The van der Waals surface area contributed by atoms with E-state index in [9.17, 15) is 4.79 Å². The van der Waals surface area contributed by atoms with Crippen LogP contribution >= 0.6 is 12.6 Å². The Kier molecular flexibility index (Phi) is 4.06. The first-order valence-corrected chi connectivity index (χ1v) is 5.30. The summed E-state index contributed by atoms with van der Waals surface area (Å²) in [6.07, 6.45) is 0.695. The lowest BCUT2D eigenvalue weighted by molar-refractivity contribution is -0.142. The molecule has 0 radical (unpaired) electrons. The van der Waals surface area contributed by atoms with E-state index >= 15 is 0 Å². The standard InChI is InChI=1S/C9H17NO2S/c1-7-6-12-8(2)5-10(7)9(11)3-4-13/h7-8,13H,3-6H2,1-2H3. The molecule has 3 nitrogen and oxygen atoms in total. The first-order chi connectivity index (χ1) is 6.15. The Bertz CT molecular complexity index is 186. The molecule has 4 heteroatoms. The summed E-state index contributed by atoms with van der Waals surface area (Å²) in [6.45, 7) is 5.38. The van der Waals surface area contributed by atoms with Crippen molar-refractivity contribution in [3.05, 3.63) is 0 Å². The summed E-state index contributed by atoms with van der Waals surface area (Å²) in [5.41, 5.74) is 0. The van der Waals surface area contributed by atoms with Crippen molar-refractivity contribution in [1.82, 2.24) is 4.90 Å². The van der Waals surface area contributed by atoms with Gasteiger partial charge in [-0.05, 0) is 19.6 Å². The van der Waals surface area contributed by atoms with E-state index in [2.05, 4.69) is 12.6 Å². The maximum atomic E-state index is 11.6. The van der Waals surface area contributed by atoms with E-state index in [0.29, 0.717) is 25.3 Å². The maximum Gasteiger partial charge on any atom is 0.223 e. The molecule has 13 heavy (non-hydrogen) atoms. The molecule has 1 fully saturated rings. The van der Waals surface area contributed by atoms with E-state index in [1.807, 2.05) is 18.7 Å². The van der Waals surface area contributed by atoms with Gasteiger partial charge in [0, 0.05) is 13.0 Å². The van der Waals surface area contributed by atoms with Gasteiger partial charge >= 0.3 is 0 Å². The molecule has 0 saturated carbocycles. The number of rotatable bonds is 2. The average molecular weight is 203 g/mol. The molecular weight excluding hydrogens is 186 g/mol. The molecular formula is C9H17NO2S. The van der Waals surface area contributed by atoms with Crippen LogP contribution in [0.1, 0.15) is 20.3 Å². The largest absolute Gasteiger partial charge is 0.375 e. The number of nitrogens with zero attached hydrogens (tertiary/aromatic N) is 1. The molecule has 0 aromatic rings. The van der Waals surface area contributed by atoms with Gasteiger partial charge in [-0.1, -0.05) is 0 Å². The predicted molar refractivity (Wildman–Crippen MR) is 55.1 cm³/mol. The molecule has 1 saturated heterocycles. The van der Waals surface area contributed by atoms with Gasteiger partial charge in [0.15, 0.2) is 0 Å². The molecule has 0 aromatic heterocycles. The van der Waals surface area contributed by atoms with Crippen molar-refractivity contribution < 1.29 is 9.53 Å². The number of hydrogen-bond donors (Lipinski definition) is 1. The highest BCUT2D eigenvalue weighted by Crippen LogP contribution is 2.12. The highest BCUT2D eigenvalue weighted by molar-refractivity contribution is 7.80. The fourth-order valence-electron chi connectivity index (χ4n) is 1.49. The average Bonchev–Trinajstić information content (AvgIpc) is 2.09. The van der Waals surface area contributed by atoms with Crippen LogP contribution in [-0.2, 0) is 9.53 Å². The summed E-state index contributed by atoms with van der Waals surface area (Å²) >= 11 is 4.05. The van der Waals surface area contributed by atoms with Crippen molar-refractivity contribution in [1.29, 1.82) is 0 Å². The molecule has 1 amide bonds. The zero-order valence-electron chi connectivity index (χ0n) is 8.19. The summed E-state index contributed by atoms with van der Waals surface area (Å²) in [5.74, 6) is 0.815. The highest BCUT2D eigenvalue weighted by atomic mass is 32.1. The normalized spacial score (nSPS) is 29.0. The first-order valence-electron chi connectivity index (χ1n) is 4.67. The lowest BCUT2D eigenvalue weighted by atomic mass is 10.2. The minimum atomic E-state index is 0.167. The summed E-state index contributed by atoms with van der Waals surface area (Å²) in [5, 5.41) is 0. The van der Waals surface area contributed by atoms with Gasteiger partial charge in [-0.25, -0.2) is 0 Å². The van der Waals surface area contributed by atoms with Gasteiger partial charge in [-0.15, -0.1) is 0 Å². The number of amides is 1. The zero-order valence-corrected chi connectivity index (χ0v) is 9.09. The van der Waals surface area contributed by atoms with Crippen molar-refractivity contribution in [2.24, 2.45) is 0 Å². The van der Waals surface area contributed by atoms with Gasteiger partial charge in [0.05, 0.1) is 18.8 Å². The molecule has 2 atom stereocenters. The number of ether oxygens (including phenoxy) is 1. The van der Waals surface area contributed by atoms with Crippen molar-refractivity contribution in [2.45, 2.75) is 32.4 Å². The van der Waals surface area contributed by atoms with Gasteiger partial charge < -0.3 is 9.64 Å². The van der Waals surface area contributed by atoms with Crippen LogP contribution in [0.3, 0.4) is 0 Å². The first kappa shape index (κ1) is 10.9. The van der Waals surface area contributed by atoms with E-state index in [4.69, 9.17) is 4.74 Å². The van der Waals surface area contributed by atoms with E-state index in [-0.39, 0.29) is 18.1 Å². The van der Waals surface area contributed by atoms with Gasteiger partial charge in [0.2, 0.25) is 5.91 Å². The maximum absolute atomic E-state index is 11.6. The highest BCUT2D eigenvalue weighted by Gasteiger charge is 2.26. The van der Waals surface area contributed by atoms with Crippen LogP contribution in [0.25, 0.3) is 0 Å². The fraction of sp³-hybridized carbons (Fsp3) is 0.889. The lowest BCUT2D eigenvalue weighted by Gasteiger charge is -2.36. The van der Waals surface area contributed by atoms with Crippen LogP contribution in [0.5, 0.6) is 0 Å². The minimum absolute atomic E-state index is 0.167. The topological polar surface area (TPSA) is 29.5 Å². The van der Waals surface area contributed by atoms with Gasteiger partial charge in [0.1, 0.15) is 0 Å². The third kappa shape index (κ3) is 2.88. The Labute approximate surface area is 84.8 Å². The molecule has 1 rings (SSSR count). The third-order valence-corrected chi connectivity index (χ3v) is 2.48. The molecule has 2 unspecified atom stereocenters. The minimum Gasteiger partial charge on any atom is -0.375 e. The van der Waals surface area contributed by atoms with Gasteiger partial charge in [0.25, 0.3) is 0 Å². The second-order valence-corrected chi connectivity index (χ2v) is 3.96. The second-order valence-electron chi connectivity index (χ2n) is 3.51. The Morgan fingerprint density at radius 2 is 2.31 bits per heavy atom. The molecule has 76 valence electrons. The molecule has 0 N–H and O–H groups in total. The molecule has 0 bridgehead atoms. The molecule has 0 spiro atoms. The second kappa shape index (κ2) is 4.86. The third-order valence-electron chi connectivity index (χ3n) is 2.25. The zero-order chi connectivity index (χ0) is 9.84. The monoisotopic (exact) mass is 203 g/mol. The van der Waals surface area contributed by atoms with Crippen LogP contribution in [0.4, 0.5) is 0 Å². The van der Waals surface area contributed by atoms with E-state index in [0.717, 1.165) is 0 Å². The van der Waals surface area contributed by atoms with Crippen molar-refractivity contribution in [2.75, 3.05) is 18.9 Å². The van der Waals surface area contributed by atoms with E-state index in [1.165, 1.54) is 0 Å². The summed E-state index contributed by atoms with van der Waals surface area (Å²) in [7, 11) is 0. The Morgan fingerprint density at radius 3 is 2.92 bits per heavy atom. The molecule has 0 aliphatic carbocycles.